The highest BCUT2D eigenvalue weighted by molar-refractivity contribution is 5.80. The van der Waals surface area contributed by atoms with Gasteiger partial charge in [0.05, 0.1) is 12.9 Å². The molecule has 0 saturated carbocycles. The van der Waals surface area contributed by atoms with E-state index >= 15 is 0 Å². The van der Waals surface area contributed by atoms with Crippen LogP contribution in [-0.4, -0.2) is 50.3 Å². The van der Waals surface area contributed by atoms with E-state index in [0.717, 1.165) is 64.0 Å². The molecule has 2 aliphatic rings. The fourth-order valence-electron chi connectivity index (χ4n) is 3.07. The molecule has 1 aromatic rings. The summed E-state index contributed by atoms with van der Waals surface area (Å²) in [6.45, 7) is 5.74. The lowest BCUT2D eigenvalue weighted by atomic mass is 10.1. The van der Waals surface area contributed by atoms with Crippen LogP contribution in [0.2, 0.25) is 0 Å². The number of nitrogens with zero attached hydrogens (tertiary/aromatic N) is 2. The number of likely N-dealkylation sites (tertiary alicyclic amines) is 1. The van der Waals surface area contributed by atoms with E-state index in [4.69, 9.17) is 14.1 Å². The molecule has 0 radical (unpaired) electrons. The lowest BCUT2D eigenvalue weighted by molar-refractivity contribution is 0.187. The number of piperidine rings is 1. The highest BCUT2D eigenvalue weighted by Gasteiger charge is 2.18. The van der Waals surface area contributed by atoms with E-state index in [0.29, 0.717) is 5.92 Å². The SMILES string of the molecule is c1coc(CCNC(=NCC2CCOC2)N2CCCCC2)c1. The quantitative estimate of drug-likeness (QED) is 0.670. The third-order valence-corrected chi connectivity index (χ3v) is 4.41. The molecule has 5 heteroatoms. The first-order valence-electron chi connectivity index (χ1n) is 8.55. The van der Waals surface area contributed by atoms with Gasteiger partial charge in [0.15, 0.2) is 5.96 Å². The monoisotopic (exact) mass is 305 g/mol. The predicted molar refractivity (Wildman–Crippen MR) is 87.1 cm³/mol. The van der Waals surface area contributed by atoms with Gasteiger partial charge < -0.3 is 19.4 Å². The zero-order chi connectivity index (χ0) is 15.0. The fraction of sp³-hybridized carbons (Fsp3) is 0.706. The van der Waals surface area contributed by atoms with E-state index in [2.05, 4.69) is 10.2 Å². The van der Waals surface area contributed by atoms with E-state index in [1.54, 1.807) is 6.26 Å². The largest absolute Gasteiger partial charge is 0.469 e. The molecular formula is C17H27N3O2. The van der Waals surface area contributed by atoms with Crippen LogP contribution in [0.25, 0.3) is 0 Å². The summed E-state index contributed by atoms with van der Waals surface area (Å²) in [5.74, 6) is 2.68. The summed E-state index contributed by atoms with van der Waals surface area (Å²) in [6.07, 6.45) is 7.65. The van der Waals surface area contributed by atoms with Crippen LogP contribution < -0.4 is 5.32 Å². The number of rotatable bonds is 5. The Morgan fingerprint density at radius 2 is 2.23 bits per heavy atom. The van der Waals surface area contributed by atoms with Crippen molar-refractivity contribution in [3.05, 3.63) is 24.2 Å². The molecule has 2 saturated heterocycles. The molecule has 0 spiro atoms. The van der Waals surface area contributed by atoms with Gasteiger partial charge in [-0.25, -0.2) is 0 Å². The Labute approximate surface area is 132 Å². The number of hydrogen-bond donors (Lipinski definition) is 1. The second-order valence-corrected chi connectivity index (χ2v) is 6.20. The van der Waals surface area contributed by atoms with E-state index < -0.39 is 0 Å². The van der Waals surface area contributed by atoms with Crippen molar-refractivity contribution in [2.45, 2.75) is 32.1 Å². The Hall–Kier alpha value is -1.49. The Bertz CT molecular complexity index is 446. The maximum absolute atomic E-state index is 5.45. The zero-order valence-corrected chi connectivity index (χ0v) is 13.3. The van der Waals surface area contributed by atoms with Gasteiger partial charge in [0.25, 0.3) is 0 Å². The average molecular weight is 305 g/mol. The van der Waals surface area contributed by atoms with Crippen molar-refractivity contribution in [3.63, 3.8) is 0 Å². The fourth-order valence-corrected chi connectivity index (χ4v) is 3.07. The van der Waals surface area contributed by atoms with E-state index in [9.17, 15) is 0 Å². The zero-order valence-electron chi connectivity index (χ0n) is 13.3. The van der Waals surface area contributed by atoms with Crippen molar-refractivity contribution < 1.29 is 9.15 Å². The molecular weight excluding hydrogens is 278 g/mol. The molecule has 2 aliphatic heterocycles. The van der Waals surface area contributed by atoms with Crippen LogP contribution in [0.3, 0.4) is 0 Å². The molecule has 0 aliphatic carbocycles. The van der Waals surface area contributed by atoms with Crippen LogP contribution in [0.1, 0.15) is 31.4 Å². The van der Waals surface area contributed by atoms with E-state index in [1.807, 2.05) is 12.1 Å². The smallest absolute Gasteiger partial charge is 0.193 e. The normalized spacial score (nSPS) is 23.0. The molecule has 1 unspecified atom stereocenters. The second-order valence-electron chi connectivity index (χ2n) is 6.20. The van der Waals surface area contributed by atoms with Crippen LogP contribution >= 0.6 is 0 Å². The number of furan rings is 1. The van der Waals surface area contributed by atoms with Gasteiger partial charge in [-0.2, -0.15) is 0 Å². The van der Waals surface area contributed by atoms with Crippen molar-refractivity contribution in [1.29, 1.82) is 0 Å². The minimum Gasteiger partial charge on any atom is -0.469 e. The first-order chi connectivity index (χ1) is 10.9. The summed E-state index contributed by atoms with van der Waals surface area (Å²) in [7, 11) is 0. The second kappa shape index (κ2) is 8.22. The van der Waals surface area contributed by atoms with Crippen LogP contribution in [0, 0.1) is 5.92 Å². The third kappa shape index (κ3) is 4.50. The molecule has 1 atom stereocenters. The van der Waals surface area contributed by atoms with Gasteiger partial charge in [-0.1, -0.05) is 0 Å². The van der Waals surface area contributed by atoms with Crippen LogP contribution in [0.15, 0.2) is 27.8 Å². The standard InChI is InChI=1S/C17H27N3O2/c1-2-9-20(10-3-1)17(19-13-15-7-12-21-14-15)18-8-6-16-5-4-11-22-16/h4-5,11,15H,1-3,6-10,12-14H2,(H,18,19). The molecule has 3 rings (SSSR count). The predicted octanol–water partition coefficient (Wildman–Crippen LogP) is 2.29. The minimum atomic E-state index is 0.590. The van der Waals surface area contributed by atoms with E-state index in [-0.39, 0.29) is 0 Å². The maximum atomic E-state index is 5.45. The van der Waals surface area contributed by atoms with Crippen molar-refractivity contribution in [2.75, 3.05) is 39.4 Å². The molecule has 122 valence electrons. The van der Waals surface area contributed by atoms with Crippen molar-refractivity contribution in [2.24, 2.45) is 10.9 Å². The molecule has 0 aromatic carbocycles. The summed E-state index contributed by atoms with van der Waals surface area (Å²) in [4.78, 5) is 7.27. The molecule has 3 heterocycles. The molecule has 1 N–H and O–H groups in total. The van der Waals surface area contributed by atoms with Crippen molar-refractivity contribution >= 4 is 5.96 Å². The van der Waals surface area contributed by atoms with Crippen molar-refractivity contribution in [1.82, 2.24) is 10.2 Å². The van der Waals surface area contributed by atoms with Crippen LogP contribution in [0.5, 0.6) is 0 Å². The van der Waals surface area contributed by atoms with Crippen molar-refractivity contribution in [3.8, 4) is 0 Å². The summed E-state index contributed by atoms with van der Waals surface area (Å²) in [6, 6.07) is 3.96. The molecule has 0 bridgehead atoms. The molecule has 5 nitrogen and oxygen atoms in total. The van der Waals surface area contributed by atoms with Gasteiger partial charge in [-0.15, -0.1) is 0 Å². The van der Waals surface area contributed by atoms with E-state index in [1.165, 1.54) is 19.3 Å². The molecule has 22 heavy (non-hydrogen) atoms. The first-order valence-corrected chi connectivity index (χ1v) is 8.55. The number of guanidine groups is 1. The third-order valence-electron chi connectivity index (χ3n) is 4.41. The summed E-state index contributed by atoms with van der Waals surface area (Å²) >= 11 is 0. The summed E-state index contributed by atoms with van der Waals surface area (Å²) in [5.41, 5.74) is 0. The van der Waals surface area contributed by atoms with Gasteiger partial charge in [0, 0.05) is 45.1 Å². The summed E-state index contributed by atoms with van der Waals surface area (Å²) < 4.78 is 10.8. The average Bonchev–Trinajstić information content (AvgIpc) is 3.25. The Kier molecular flexibility index (Phi) is 5.76. The molecule has 0 amide bonds. The Morgan fingerprint density at radius 3 is 2.95 bits per heavy atom. The van der Waals surface area contributed by atoms with Crippen LogP contribution in [0.4, 0.5) is 0 Å². The Morgan fingerprint density at radius 1 is 1.32 bits per heavy atom. The topological polar surface area (TPSA) is 50.0 Å². The number of aliphatic imine (C=N–C) groups is 1. The van der Waals surface area contributed by atoms with Gasteiger partial charge >= 0.3 is 0 Å². The highest BCUT2D eigenvalue weighted by Crippen LogP contribution is 2.14. The highest BCUT2D eigenvalue weighted by atomic mass is 16.5. The van der Waals surface area contributed by atoms with Gasteiger partial charge in [-0.3, -0.25) is 4.99 Å². The molecule has 2 fully saturated rings. The lowest BCUT2D eigenvalue weighted by Gasteiger charge is -2.30. The minimum absolute atomic E-state index is 0.590. The van der Waals surface area contributed by atoms with Gasteiger partial charge in [-0.05, 0) is 37.8 Å². The lowest BCUT2D eigenvalue weighted by Crippen LogP contribution is -2.45. The molecule has 1 aromatic heterocycles. The van der Waals surface area contributed by atoms with Crippen LogP contribution in [-0.2, 0) is 11.2 Å². The Balaban J connectivity index is 1.53. The maximum Gasteiger partial charge on any atom is 0.193 e. The first kappa shape index (κ1) is 15.4. The van der Waals surface area contributed by atoms with Gasteiger partial charge in [0.2, 0.25) is 0 Å². The summed E-state index contributed by atoms with van der Waals surface area (Å²) in [5, 5.41) is 3.53. The van der Waals surface area contributed by atoms with Gasteiger partial charge in [0.1, 0.15) is 5.76 Å². The number of nitrogens with one attached hydrogen (secondary N) is 1. The number of ether oxygens (including phenoxy) is 1. The number of hydrogen-bond acceptors (Lipinski definition) is 3.